The van der Waals surface area contributed by atoms with Crippen LogP contribution in [0.3, 0.4) is 0 Å². The Labute approximate surface area is 169 Å². The van der Waals surface area contributed by atoms with Gasteiger partial charge in [-0.15, -0.1) is 24.0 Å². The van der Waals surface area contributed by atoms with Gasteiger partial charge in [-0.25, -0.2) is 4.79 Å². The van der Waals surface area contributed by atoms with Gasteiger partial charge >= 0.3 is 12.3 Å². The molecule has 0 unspecified atom stereocenters. The number of guanidine groups is 1. The molecule has 3 N–H and O–H groups in total. The molecule has 1 amide bonds. The molecule has 0 aliphatic carbocycles. The number of alkyl halides is 3. The Kier molecular flexibility index (Phi) is 14.8. The van der Waals surface area contributed by atoms with Gasteiger partial charge in [0.15, 0.2) is 5.96 Å². The van der Waals surface area contributed by atoms with Crippen LogP contribution >= 0.6 is 24.0 Å². The second kappa shape index (κ2) is 14.1. The van der Waals surface area contributed by atoms with E-state index in [2.05, 4.69) is 25.7 Å². The summed E-state index contributed by atoms with van der Waals surface area (Å²) >= 11 is 0. The molecule has 0 atom stereocenters. The van der Waals surface area contributed by atoms with Crippen molar-refractivity contribution in [2.24, 2.45) is 4.99 Å². The van der Waals surface area contributed by atoms with Gasteiger partial charge in [0, 0.05) is 33.3 Å². The van der Waals surface area contributed by atoms with Crippen molar-refractivity contribution in [1.82, 2.24) is 16.0 Å². The maximum absolute atomic E-state index is 11.9. The molecule has 0 spiro atoms. The average molecular weight is 498 g/mol. The standard InChI is InChI=1S/C15H29F3N4O3.HI/c1-14(2,3)25-13(23)22-8-5-7-20-12(19-4)21-9-6-10-24-11-15(16,17)18;/h5-11H2,1-4H3,(H,22,23)(H2,19,20,21);1H. The number of alkyl carbamates (subject to hydrolysis) is 1. The molecule has 0 heterocycles. The summed E-state index contributed by atoms with van der Waals surface area (Å²) in [6.07, 6.45) is -3.67. The van der Waals surface area contributed by atoms with Crippen molar-refractivity contribution in [1.29, 1.82) is 0 Å². The van der Waals surface area contributed by atoms with E-state index < -0.39 is 24.5 Å². The smallest absolute Gasteiger partial charge is 0.411 e. The lowest BCUT2D eigenvalue weighted by Gasteiger charge is -2.19. The summed E-state index contributed by atoms with van der Waals surface area (Å²) in [6.45, 7) is 5.61. The van der Waals surface area contributed by atoms with Crippen molar-refractivity contribution >= 4 is 36.0 Å². The Bertz CT molecular complexity index is 416. The van der Waals surface area contributed by atoms with E-state index in [9.17, 15) is 18.0 Å². The van der Waals surface area contributed by atoms with Crippen LogP contribution in [0.5, 0.6) is 0 Å². The number of hydrogen-bond donors (Lipinski definition) is 3. The Morgan fingerprint density at radius 1 is 1.00 bits per heavy atom. The molecule has 0 rings (SSSR count). The van der Waals surface area contributed by atoms with Gasteiger partial charge in [0.2, 0.25) is 0 Å². The van der Waals surface area contributed by atoms with Crippen LogP contribution in [-0.4, -0.2) is 63.7 Å². The van der Waals surface area contributed by atoms with E-state index in [1.54, 1.807) is 27.8 Å². The van der Waals surface area contributed by atoms with Crippen molar-refractivity contribution in [2.75, 3.05) is 39.9 Å². The minimum atomic E-state index is -4.29. The highest BCUT2D eigenvalue weighted by Gasteiger charge is 2.27. The molecular weight excluding hydrogens is 468 g/mol. The third-order valence-electron chi connectivity index (χ3n) is 2.56. The van der Waals surface area contributed by atoms with Gasteiger partial charge < -0.3 is 25.4 Å². The molecule has 0 saturated heterocycles. The normalized spacial score (nSPS) is 12.2. The van der Waals surface area contributed by atoms with Crippen molar-refractivity contribution in [3.63, 3.8) is 0 Å². The minimum Gasteiger partial charge on any atom is -0.444 e. The third kappa shape index (κ3) is 19.3. The van der Waals surface area contributed by atoms with Gasteiger partial charge in [-0.2, -0.15) is 13.2 Å². The van der Waals surface area contributed by atoms with E-state index in [1.165, 1.54) is 0 Å². The van der Waals surface area contributed by atoms with Crippen LogP contribution in [-0.2, 0) is 9.47 Å². The molecule has 7 nitrogen and oxygen atoms in total. The number of carbonyl (C=O) groups excluding carboxylic acids is 1. The highest BCUT2D eigenvalue weighted by atomic mass is 127. The van der Waals surface area contributed by atoms with Gasteiger partial charge in [-0.05, 0) is 33.6 Å². The number of carbonyl (C=O) groups is 1. The summed E-state index contributed by atoms with van der Waals surface area (Å²) in [6, 6.07) is 0. The fraction of sp³-hybridized carbons (Fsp3) is 0.867. The summed E-state index contributed by atoms with van der Waals surface area (Å²) in [4.78, 5) is 15.4. The number of rotatable bonds is 9. The number of ether oxygens (including phenoxy) is 2. The highest BCUT2D eigenvalue weighted by molar-refractivity contribution is 14.0. The first-order valence-corrected chi connectivity index (χ1v) is 8.09. The lowest BCUT2D eigenvalue weighted by molar-refractivity contribution is -0.173. The van der Waals surface area contributed by atoms with E-state index >= 15 is 0 Å². The number of amides is 1. The highest BCUT2D eigenvalue weighted by Crippen LogP contribution is 2.14. The van der Waals surface area contributed by atoms with Crippen LogP contribution in [0.4, 0.5) is 18.0 Å². The molecular formula is C15H30F3IN4O3. The quantitative estimate of drug-likeness (QED) is 0.197. The fourth-order valence-corrected chi connectivity index (χ4v) is 1.59. The molecule has 26 heavy (non-hydrogen) atoms. The van der Waals surface area contributed by atoms with Crippen molar-refractivity contribution in [3.05, 3.63) is 0 Å². The van der Waals surface area contributed by atoms with E-state index in [1.807, 2.05) is 0 Å². The zero-order chi connectivity index (χ0) is 19.3. The monoisotopic (exact) mass is 498 g/mol. The molecule has 0 fully saturated rings. The Morgan fingerprint density at radius 3 is 2.04 bits per heavy atom. The fourth-order valence-electron chi connectivity index (χ4n) is 1.59. The number of nitrogens with one attached hydrogen (secondary N) is 3. The predicted molar refractivity (Wildman–Crippen MR) is 105 cm³/mol. The lowest BCUT2D eigenvalue weighted by atomic mass is 10.2. The Hall–Kier alpha value is -0.980. The first kappa shape index (κ1) is 27.2. The van der Waals surface area contributed by atoms with E-state index in [4.69, 9.17) is 4.74 Å². The Morgan fingerprint density at radius 2 is 1.54 bits per heavy atom. The molecule has 0 saturated carbocycles. The molecule has 0 aliphatic rings. The first-order chi connectivity index (χ1) is 11.5. The van der Waals surface area contributed by atoms with E-state index in [0.29, 0.717) is 38.4 Å². The van der Waals surface area contributed by atoms with Crippen molar-refractivity contribution < 1.29 is 27.4 Å². The molecule has 0 aromatic carbocycles. The number of aliphatic imine (C=N–C) groups is 1. The van der Waals surface area contributed by atoms with E-state index in [-0.39, 0.29) is 30.6 Å². The number of hydrogen-bond acceptors (Lipinski definition) is 4. The Balaban J connectivity index is 0. The largest absolute Gasteiger partial charge is 0.444 e. The number of nitrogens with zero attached hydrogens (tertiary/aromatic N) is 1. The van der Waals surface area contributed by atoms with Gasteiger partial charge in [-0.1, -0.05) is 0 Å². The van der Waals surface area contributed by atoms with Gasteiger partial charge in [0.1, 0.15) is 12.2 Å². The van der Waals surface area contributed by atoms with Crippen LogP contribution in [0.1, 0.15) is 33.6 Å². The van der Waals surface area contributed by atoms with Gasteiger partial charge in [0.25, 0.3) is 0 Å². The molecule has 11 heteroatoms. The number of halogens is 4. The molecule has 0 bridgehead atoms. The molecule has 0 aliphatic heterocycles. The SMILES string of the molecule is CN=C(NCCCNC(=O)OC(C)(C)C)NCCCOCC(F)(F)F.I. The zero-order valence-electron chi connectivity index (χ0n) is 15.7. The third-order valence-corrected chi connectivity index (χ3v) is 2.56. The molecule has 0 aromatic heterocycles. The van der Waals surface area contributed by atoms with Gasteiger partial charge in [-0.3, -0.25) is 4.99 Å². The minimum absolute atomic E-state index is 0. The van der Waals surface area contributed by atoms with Crippen molar-refractivity contribution in [2.45, 2.75) is 45.4 Å². The summed E-state index contributed by atoms with van der Waals surface area (Å²) in [5, 5.41) is 8.64. The summed E-state index contributed by atoms with van der Waals surface area (Å²) in [5.41, 5.74) is -0.530. The molecule has 0 aromatic rings. The van der Waals surface area contributed by atoms with E-state index in [0.717, 1.165) is 0 Å². The van der Waals surface area contributed by atoms with Crippen LogP contribution < -0.4 is 16.0 Å². The molecule has 156 valence electrons. The first-order valence-electron chi connectivity index (χ1n) is 8.09. The summed E-state index contributed by atoms with van der Waals surface area (Å²) in [5.74, 6) is 0.535. The van der Waals surface area contributed by atoms with Crippen molar-refractivity contribution in [3.8, 4) is 0 Å². The van der Waals surface area contributed by atoms with Crippen LogP contribution in [0.15, 0.2) is 4.99 Å². The van der Waals surface area contributed by atoms with Crippen LogP contribution in [0.2, 0.25) is 0 Å². The average Bonchev–Trinajstić information content (AvgIpc) is 2.45. The maximum atomic E-state index is 11.9. The zero-order valence-corrected chi connectivity index (χ0v) is 18.0. The van der Waals surface area contributed by atoms with Crippen LogP contribution in [0, 0.1) is 0 Å². The second-order valence-corrected chi connectivity index (χ2v) is 6.23. The lowest BCUT2D eigenvalue weighted by Crippen LogP contribution is -2.39. The maximum Gasteiger partial charge on any atom is 0.411 e. The summed E-state index contributed by atoms with van der Waals surface area (Å²) in [7, 11) is 1.59. The molecule has 0 radical (unpaired) electrons. The summed E-state index contributed by atoms with van der Waals surface area (Å²) < 4.78 is 45.2. The van der Waals surface area contributed by atoms with Gasteiger partial charge in [0.05, 0.1) is 0 Å². The second-order valence-electron chi connectivity index (χ2n) is 6.23. The topological polar surface area (TPSA) is 84.0 Å². The van der Waals surface area contributed by atoms with Crippen LogP contribution in [0.25, 0.3) is 0 Å². The predicted octanol–water partition coefficient (Wildman–Crippen LogP) is 2.65.